The summed E-state index contributed by atoms with van der Waals surface area (Å²) in [6.07, 6.45) is -2.58. The summed E-state index contributed by atoms with van der Waals surface area (Å²) in [5.74, 6) is 1.12. The number of halogens is 3. The molecule has 1 aromatic rings. The van der Waals surface area contributed by atoms with E-state index in [0.717, 1.165) is 43.5 Å². The predicted octanol–water partition coefficient (Wildman–Crippen LogP) is 3.01. The third kappa shape index (κ3) is 2.55. The molecule has 0 saturated carbocycles. The summed E-state index contributed by atoms with van der Waals surface area (Å²) < 4.78 is 37.5. The number of rotatable bonds is 1. The van der Waals surface area contributed by atoms with Crippen LogP contribution >= 0.6 is 0 Å². The van der Waals surface area contributed by atoms with E-state index < -0.39 is 11.7 Å². The average molecular weight is 228 g/mol. The monoisotopic (exact) mass is 228 g/mol. The molecule has 0 atom stereocenters. The third-order valence-electron chi connectivity index (χ3n) is 2.81. The van der Waals surface area contributed by atoms with Crippen molar-refractivity contribution < 1.29 is 13.2 Å². The molecular formula is C12H13F3N. The fourth-order valence-corrected chi connectivity index (χ4v) is 1.93. The van der Waals surface area contributed by atoms with Gasteiger partial charge in [0.05, 0.1) is 5.56 Å². The van der Waals surface area contributed by atoms with Gasteiger partial charge in [-0.1, -0.05) is 18.2 Å². The molecule has 1 aromatic carbocycles. The minimum atomic E-state index is -4.25. The second-order valence-electron chi connectivity index (χ2n) is 3.93. The Hall–Kier alpha value is -1.03. The minimum absolute atomic E-state index is 0.559. The topological polar surface area (TPSA) is 12.0 Å². The highest BCUT2D eigenvalue weighted by molar-refractivity contribution is 5.36. The van der Waals surface area contributed by atoms with E-state index in [0.29, 0.717) is 0 Å². The van der Waals surface area contributed by atoms with Gasteiger partial charge in [0, 0.05) is 5.92 Å². The van der Waals surface area contributed by atoms with E-state index in [4.69, 9.17) is 0 Å². The first-order valence-corrected chi connectivity index (χ1v) is 5.30. The Labute approximate surface area is 92.7 Å². The quantitative estimate of drug-likeness (QED) is 0.779. The summed E-state index contributed by atoms with van der Waals surface area (Å²) in [5, 5.41) is 3.19. The van der Waals surface area contributed by atoms with Crippen LogP contribution in [0.4, 0.5) is 13.2 Å². The molecule has 1 heterocycles. The Morgan fingerprint density at radius 2 is 1.75 bits per heavy atom. The molecule has 1 saturated heterocycles. The molecule has 1 aliphatic heterocycles. The van der Waals surface area contributed by atoms with Crippen molar-refractivity contribution in [2.45, 2.75) is 19.0 Å². The van der Waals surface area contributed by atoms with Crippen LogP contribution < -0.4 is 5.32 Å². The Morgan fingerprint density at radius 3 is 2.38 bits per heavy atom. The Bertz CT molecular complexity index is 354. The van der Waals surface area contributed by atoms with Gasteiger partial charge in [-0.3, -0.25) is 0 Å². The normalized spacial score (nSPS) is 18.7. The lowest BCUT2D eigenvalue weighted by molar-refractivity contribution is -0.137. The molecule has 0 spiro atoms. The maximum Gasteiger partial charge on any atom is 0.416 e. The predicted molar refractivity (Wildman–Crippen MR) is 55.9 cm³/mol. The molecule has 2 rings (SSSR count). The largest absolute Gasteiger partial charge is 0.416 e. The van der Waals surface area contributed by atoms with Crippen molar-refractivity contribution in [1.82, 2.24) is 5.32 Å². The highest BCUT2D eigenvalue weighted by Gasteiger charge is 2.31. The van der Waals surface area contributed by atoms with Gasteiger partial charge in [0.25, 0.3) is 0 Å². The number of benzene rings is 1. The first kappa shape index (κ1) is 11.5. The number of nitrogens with one attached hydrogen (secondary N) is 1. The Morgan fingerprint density at radius 1 is 1.06 bits per heavy atom. The summed E-state index contributed by atoms with van der Waals surface area (Å²) in [4.78, 5) is 0. The summed E-state index contributed by atoms with van der Waals surface area (Å²) >= 11 is 0. The highest BCUT2D eigenvalue weighted by Crippen LogP contribution is 2.32. The zero-order valence-electron chi connectivity index (χ0n) is 8.77. The van der Waals surface area contributed by atoms with Crippen molar-refractivity contribution in [1.29, 1.82) is 0 Å². The van der Waals surface area contributed by atoms with E-state index in [2.05, 4.69) is 5.32 Å². The fraction of sp³-hybridized carbons (Fsp3) is 0.417. The molecule has 0 aliphatic carbocycles. The van der Waals surface area contributed by atoms with Gasteiger partial charge < -0.3 is 5.32 Å². The number of hydrogen-bond donors (Lipinski definition) is 1. The van der Waals surface area contributed by atoms with Crippen LogP contribution in [0.3, 0.4) is 0 Å². The van der Waals surface area contributed by atoms with Crippen LogP contribution in [-0.4, -0.2) is 13.1 Å². The summed E-state index contributed by atoms with van der Waals surface area (Å²) in [5.41, 5.74) is 0.173. The van der Waals surface area contributed by atoms with Gasteiger partial charge in [0.1, 0.15) is 0 Å². The van der Waals surface area contributed by atoms with Crippen LogP contribution in [0.1, 0.15) is 24.0 Å². The van der Waals surface area contributed by atoms with E-state index in [1.54, 1.807) is 6.07 Å². The minimum Gasteiger partial charge on any atom is -0.317 e. The molecule has 1 aliphatic rings. The van der Waals surface area contributed by atoms with Crippen molar-refractivity contribution in [3.63, 3.8) is 0 Å². The van der Waals surface area contributed by atoms with E-state index in [9.17, 15) is 13.2 Å². The number of hydrogen-bond acceptors (Lipinski definition) is 1. The molecule has 1 radical (unpaired) electrons. The fourth-order valence-electron chi connectivity index (χ4n) is 1.93. The van der Waals surface area contributed by atoms with Crippen molar-refractivity contribution in [3.05, 3.63) is 41.3 Å². The van der Waals surface area contributed by atoms with E-state index in [-0.39, 0.29) is 0 Å². The molecule has 4 heteroatoms. The van der Waals surface area contributed by atoms with Gasteiger partial charge in [0.2, 0.25) is 0 Å². The molecule has 87 valence electrons. The van der Waals surface area contributed by atoms with Crippen LogP contribution in [0, 0.1) is 5.92 Å². The summed E-state index contributed by atoms with van der Waals surface area (Å²) in [7, 11) is 0. The lowest BCUT2D eigenvalue weighted by Gasteiger charge is -2.23. The maximum atomic E-state index is 12.5. The van der Waals surface area contributed by atoms with Crippen LogP contribution in [0.2, 0.25) is 0 Å². The lowest BCUT2D eigenvalue weighted by Crippen LogP contribution is -2.27. The molecule has 16 heavy (non-hydrogen) atoms. The Kier molecular flexibility index (Phi) is 3.19. The molecule has 1 fully saturated rings. The SMILES string of the molecule is FC(F)(F)c1cccc([C]2CCNCC2)c1. The number of alkyl halides is 3. The van der Waals surface area contributed by atoms with Crippen molar-refractivity contribution >= 4 is 0 Å². The highest BCUT2D eigenvalue weighted by atomic mass is 19.4. The van der Waals surface area contributed by atoms with E-state index in [1.165, 1.54) is 12.1 Å². The maximum absolute atomic E-state index is 12.5. The molecule has 0 aromatic heterocycles. The zero-order valence-corrected chi connectivity index (χ0v) is 8.77. The second kappa shape index (κ2) is 4.45. The van der Waals surface area contributed by atoms with Crippen LogP contribution in [-0.2, 0) is 6.18 Å². The second-order valence-corrected chi connectivity index (χ2v) is 3.93. The molecule has 0 bridgehead atoms. The first-order valence-electron chi connectivity index (χ1n) is 5.30. The first-order chi connectivity index (χ1) is 7.57. The van der Waals surface area contributed by atoms with Crippen LogP contribution in [0.25, 0.3) is 0 Å². The molecule has 0 unspecified atom stereocenters. The summed E-state index contributed by atoms with van der Waals surface area (Å²) in [6.45, 7) is 1.71. The third-order valence-corrected chi connectivity index (χ3v) is 2.81. The van der Waals surface area contributed by atoms with Gasteiger partial charge in [-0.25, -0.2) is 0 Å². The van der Waals surface area contributed by atoms with Gasteiger partial charge in [-0.05, 0) is 37.6 Å². The molecular weight excluding hydrogens is 215 g/mol. The van der Waals surface area contributed by atoms with Gasteiger partial charge in [0.15, 0.2) is 0 Å². The van der Waals surface area contributed by atoms with E-state index >= 15 is 0 Å². The van der Waals surface area contributed by atoms with Crippen molar-refractivity contribution in [3.8, 4) is 0 Å². The van der Waals surface area contributed by atoms with E-state index in [1.807, 2.05) is 0 Å². The van der Waals surface area contributed by atoms with Crippen molar-refractivity contribution in [2.75, 3.05) is 13.1 Å². The Balaban J connectivity index is 2.21. The van der Waals surface area contributed by atoms with Crippen LogP contribution in [0.15, 0.2) is 24.3 Å². The van der Waals surface area contributed by atoms with Gasteiger partial charge in [-0.2, -0.15) is 13.2 Å². The van der Waals surface area contributed by atoms with Crippen LogP contribution in [0.5, 0.6) is 0 Å². The van der Waals surface area contributed by atoms with Crippen molar-refractivity contribution in [2.24, 2.45) is 0 Å². The van der Waals surface area contributed by atoms with Gasteiger partial charge in [-0.15, -0.1) is 0 Å². The molecule has 1 nitrogen and oxygen atoms in total. The number of piperidine rings is 1. The zero-order chi connectivity index (χ0) is 11.6. The summed E-state index contributed by atoms with van der Waals surface area (Å²) in [6, 6.07) is 5.61. The molecule has 0 amide bonds. The standard InChI is InChI=1S/C12H13F3N/c13-12(14,15)11-3-1-2-10(8-11)9-4-6-16-7-5-9/h1-3,8,16H,4-7H2. The average Bonchev–Trinajstić information content (AvgIpc) is 2.29. The smallest absolute Gasteiger partial charge is 0.317 e. The molecule has 1 N–H and O–H groups in total. The van der Waals surface area contributed by atoms with Gasteiger partial charge >= 0.3 is 6.18 Å². The lowest BCUT2D eigenvalue weighted by atomic mass is 9.89.